The predicted octanol–water partition coefficient (Wildman–Crippen LogP) is 4.29. The van der Waals surface area contributed by atoms with Crippen LogP contribution in [0.15, 0.2) is 61.2 Å². The van der Waals surface area contributed by atoms with E-state index in [0.29, 0.717) is 17.9 Å². The lowest BCUT2D eigenvalue weighted by molar-refractivity contribution is 0.615. The average Bonchev–Trinajstić information content (AvgIpc) is 2.38. The minimum absolute atomic E-state index is 0.335. The van der Waals surface area contributed by atoms with Gasteiger partial charge in [-0.15, -0.1) is 6.58 Å². The Labute approximate surface area is 105 Å². The Hall–Kier alpha value is -2.16. The zero-order valence-corrected chi connectivity index (χ0v) is 9.81. The lowest BCUT2D eigenvalue weighted by atomic mass is 10.2. The third kappa shape index (κ3) is 2.40. The summed E-state index contributed by atoms with van der Waals surface area (Å²) in [6, 6.07) is 12.6. The summed E-state index contributed by atoms with van der Waals surface area (Å²) in [5.74, 6) is -0.773. The molecule has 0 amide bonds. The maximum Gasteiger partial charge on any atom is 0.146 e. The van der Waals surface area contributed by atoms with Crippen molar-refractivity contribution in [3.63, 3.8) is 0 Å². The van der Waals surface area contributed by atoms with Crippen LogP contribution in [-0.2, 0) is 0 Å². The summed E-state index contributed by atoms with van der Waals surface area (Å²) in [7, 11) is 0. The highest BCUT2D eigenvalue weighted by molar-refractivity contribution is 5.64. The van der Waals surface area contributed by atoms with Crippen LogP contribution in [0.1, 0.15) is 0 Å². The third-order valence-electron chi connectivity index (χ3n) is 2.60. The first kappa shape index (κ1) is 12.3. The van der Waals surface area contributed by atoms with Crippen LogP contribution in [0.4, 0.5) is 20.2 Å². The van der Waals surface area contributed by atoms with Gasteiger partial charge in [-0.1, -0.05) is 30.3 Å². The molecule has 1 nitrogen and oxygen atoms in total. The normalized spacial score (nSPS) is 10.1. The Morgan fingerprint density at radius 1 is 0.889 bits per heavy atom. The molecule has 0 saturated carbocycles. The van der Waals surface area contributed by atoms with Crippen LogP contribution in [0.2, 0.25) is 0 Å². The van der Waals surface area contributed by atoms with Crippen molar-refractivity contribution in [1.82, 2.24) is 0 Å². The first-order valence-electron chi connectivity index (χ1n) is 5.61. The summed E-state index contributed by atoms with van der Waals surface area (Å²) in [6.45, 7) is 3.96. The molecule has 3 heteroatoms. The van der Waals surface area contributed by atoms with Gasteiger partial charge in [0.1, 0.15) is 11.6 Å². The predicted molar refractivity (Wildman–Crippen MR) is 70.0 cm³/mol. The fourth-order valence-electron chi connectivity index (χ4n) is 1.80. The van der Waals surface area contributed by atoms with Gasteiger partial charge in [-0.25, -0.2) is 8.78 Å². The molecular weight excluding hydrogens is 232 g/mol. The number of benzene rings is 2. The Morgan fingerprint density at radius 2 is 1.33 bits per heavy atom. The van der Waals surface area contributed by atoms with Gasteiger partial charge in [0.2, 0.25) is 0 Å². The molecule has 0 bridgehead atoms. The van der Waals surface area contributed by atoms with Gasteiger partial charge in [0.25, 0.3) is 0 Å². The molecule has 0 fully saturated rings. The Kier molecular flexibility index (Phi) is 3.72. The first-order valence-corrected chi connectivity index (χ1v) is 5.61. The molecule has 0 aromatic heterocycles. The molecule has 0 heterocycles. The SMILES string of the molecule is C=CCN(c1ccccc1F)c1ccccc1F. The summed E-state index contributed by atoms with van der Waals surface area (Å²) >= 11 is 0. The van der Waals surface area contributed by atoms with Crippen LogP contribution in [0.3, 0.4) is 0 Å². The zero-order valence-electron chi connectivity index (χ0n) is 9.81. The van der Waals surface area contributed by atoms with Crippen molar-refractivity contribution in [3.05, 3.63) is 72.8 Å². The van der Waals surface area contributed by atoms with E-state index >= 15 is 0 Å². The molecule has 0 aliphatic carbocycles. The van der Waals surface area contributed by atoms with Gasteiger partial charge in [-0.2, -0.15) is 0 Å². The van der Waals surface area contributed by atoms with E-state index in [0.717, 1.165) is 0 Å². The summed E-state index contributed by atoms with van der Waals surface area (Å²) < 4.78 is 27.6. The largest absolute Gasteiger partial charge is 0.333 e. The van der Waals surface area contributed by atoms with Crippen molar-refractivity contribution in [1.29, 1.82) is 0 Å². The standard InChI is InChI=1S/C15H13F2N/c1-2-11-18(14-9-5-3-7-12(14)16)15-10-6-4-8-13(15)17/h2-10H,1,11H2. The summed E-state index contributed by atoms with van der Waals surface area (Å²) in [4.78, 5) is 1.55. The van der Waals surface area contributed by atoms with E-state index in [1.54, 1.807) is 47.4 Å². The fraction of sp³-hybridized carbons (Fsp3) is 0.0667. The number of anilines is 2. The Morgan fingerprint density at radius 3 is 1.72 bits per heavy atom. The van der Waals surface area contributed by atoms with E-state index in [4.69, 9.17) is 0 Å². The topological polar surface area (TPSA) is 3.24 Å². The Bertz CT molecular complexity index is 506. The van der Waals surface area contributed by atoms with Crippen LogP contribution < -0.4 is 4.90 Å². The molecule has 0 aliphatic rings. The number of para-hydroxylation sites is 2. The maximum absolute atomic E-state index is 13.8. The molecule has 0 spiro atoms. The van der Waals surface area contributed by atoms with Crippen molar-refractivity contribution < 1.29 is 8.78 Å². The van der Waals surface area contributed by atoms with E-state index in [1.165, 1.54) is 12.1 Å². The van der Waals surface area contributed by atoms with Crippen LogP contribution in [0.5, 0.6) is 0 Å². The van der Waals surface area contributed by atoms with Gasteiger partial charge in [-0.3, -0.25) is 0 Å². The zero-order chi connectivity index (χ0) is 13.0. The molecule has 0 N–H and O–H groups in total. The lowest BCUT2D eigenvalue weighted by Gasteiger charge is -2.24. The van der Waals surface area contributed by atoms with E-state index in [2.05, 4.69) is 6.58 Å². The highest BCUT2D eigenvalue weighted by Crippen LogP contribution is 2.29. The maximum atomic E-state index is 13.8. The van der Waals surface area contributed by atoms with Crippen LogP contribution >= 0.6 is 0 Å². The fourth-order valence-corrected chi connectivity index (χ4v) is 1.80. The van der Waals surface area contributed by atoms with Gasteiger partial charge in [-0.05, 0) is 24.3 Å². The average molecular weight is 245 g/mol. The first-order chi connectivity index (χ1) is 8.74. The van der Waals surface area contributed by atoms with Gasteiger partial charge in [0.05, 0.1) is 11.4 Å². The van der Waals surface area contributed by atoms with Crippen molar-refractivity contribution in [3.8, 4) is 0 Å². The second kappa shape index (κ2) is 5.45. The highest BCUT2D eigenvalue weighted by atomic mass is 19.1. The number of nitrogens with zero attached hydrogens (tertiary/aromatic N) is 1. The molecule has 2 rings (SSSR count). The van der Waals surface area contributed by atoms with Gasteiger partial charge < -0.3 is 4.90 Å². The monoisotopic (exact) mass is 245 g/mol. The van der Waals surface area contributed by atoms with Crippen molar-refractivity contribution in [2.24, 2.45) is 0 Å². The van der Waals surface area contributed by atoms with Crippen LogP contribution in [0, 0.1) is 11.6 Å². The second-order valence-corrected chi connectivity index (χ2v) is 3.80. The number of rotatable bonds is 4. The number of hydrogen-bond acceptors (Lipinski definition) is 1. The van der Waals surface area contributed by atoms with Crippen LogP contribution in [0.25, 0.3) is 0 Å². The van der Waals surface area contributed by atoms with Gasteiger partial charge >= 0.3 is 0 Å². The molecule has 92 valence electrons. The Balaban J connectivity index is 2.50. The van der Waals surface area contributed by atoms with E-state index in [9.17, 15) is 8.78 Å². The third-order valence-corrected chi connectivity index (χ3v) is 2.60. The quantitative estimate of drug-likeness (QED) is 0.726. The summed E-state index contributed by atoms with van der Waals surface area (Å²) in [5, 5.41) is 0. The highest BCUT2D eigenvalue weighted by Gasteiger charge is 2.14. The number of hydrogen-bond donors (Lipinski definition) is 0. The summed E-state index contributed by atoms with van der Waals surface area (Å²) in [5.41, 5.74) is 0.671. The molecule has 0 radical (unpaired) electrons. The molecule has 0 saturated heterocycles. The number of halogens is 2. The molecule has 2 aromatic rings. The van der Waals surface area contributed by atoms with Crippen LogP contribution in [-0.4, -0.2) is 6.54 Å². The lowest BCUT2D eigenvalue weighted by Crippen LogP contribution is -2.19. The molecule has 0 atom stereocenters. The minimum Gasteiger partial charge on any atom is -0.333 e. The van der Waals surface area contributed by atoms with E-state index in [1.807, 2.05) is 0 Å². The molecule has 0 aliphatic heterocycles. The minimum atomic E-state index is -0.386. The molecule has 18 heavy (non-hydrogen) atoms. The van der Waals surface area contributed by atoms with E-state index < -0.39 is 0 Å². The molecule has 0 unspecified atom stereocenters. The van der Waals surface area contributed by atoms with Gasteiger partial charge in [0.15, 0.2) is 0 Å². The van der Waals surface area contributed by atoms with Crippen molar-refractivity contribution in [2.75, 3.05) is 11.4 Å². The molecule has 2 aromatic carbocycles. The summed E-state index contributed by atoms with van der Waals surface area (Å²) in [6.07, 6.45) is 1.61. The van der Waals surface area contributed by atoms with Gasteiger partial charge in [0, 0.05) is 6.54 Å². The molecular formula is C15H13F2N. The second-order valence-electron chi connectivity index (χ2n) is 3.80. The smallest absolute Gasteiger partial charge is 0.146 e. The van der Waals surface area contributed by atoms with Crippen molar-refractivity contribution in [2.45, 2.75) is 0 Å². The van der Waals surface area contributed by atoms with E-state index in [-0.39, 0.29) is 11.6 Å². The van der Waals surface area contributed by atoms with Crippen molar-refractivity contribution >= 4 is 11.4 Å².